The molecule has 0 aromatic rings. The SMILES string of the molecule is CC(C)CC1CN(C(C)C(C)(C)C)C(C(C)C)CN1. The van der Waals surface area contributed by atoms with Gasteiger partial charge in [0.25, 0.3) is 0 Å². The van der Waals surface area contributed by atoms with Gasteiger partial charge in [0.2, 0.25) is 0 Å². The van der Waals surface area contributed by atoms with Crippen LogP contribution in [0.1, 0.15) is 61.8 Å². The van der Waals surface area contributed by atoms with Crippen LogP contribution in [-0.2, 0) is 0 Å². The standard InChI is InChI=1S/C17H36N2/c1-12(2)9-15-11-19(14(5)17(6,7)8)16(10-18-15)13(3)4/h12-16,18H,9-11H2,1-8H3. The van der Waals surface area contributed by atoms with Gasteiger partial charge in [-0.05, 0) is 30.6 Å². The average Bonchev–Trinajstić information content (AvgIpc) is 2.25. The van der Waals surface area contributed by atoms with Gasteiger partial charge in [0, 0.05) is 31.2 Å². The van der Waals surface area contributed by atoms with Crippen molar-refractivity contribution in [1.29, 1.82) is 0 Å². The molecule has 0 spiro atoms. The first-order valence-electron chi connectivity index (χ1n) is 8.12. The molecular weight excluding hydrogens is 232 g/mol. The molecule has 1 fully saturated rings. The van der Waals surface area contributed by atoms with E-state index in [4.69, 9.17) is 0 Å². The fourth-order valence-electron chi connectivity index (χ4n) is 3.15. The fourth-order valence-corrected chi connectivity index (χ4v) is 3.15. The summed E-state index contributed by atoms with van der Waals surface area (Å²) < 4.78 is 0. The summed E-state index contributed by atoms with van der Waals surface area (Å²) in [4.78, 5) is 2.77. The molecular formula is C17H36N2. The quantitative estimate of drug-likeness (QED) is 0.835. The van der Waals surface area contributed by atoms with Crippen molar-refractivity contribution < 1.29 is 0 Å². The highest BCUT2D eigenvalue weighted by molar-refractivity contribution is 4.93. The predicted molar refractivity (Wildman–Crippen MR) is 85.5 cm³/mol. The van der Waals surface area contributed by atoms with Crippen molar-refractivity contribution in [1.82, 2.24) is 10.2 Å². The normalized spacial score (nSPS) is 28.1. The Kier molecular flexibility index (Phi) is 5.88. The van der Waals surface area contributed by atoms with Crippen LogP contribution in [0.25, 0.3) is 0 Å². The lowest BCUT2D eigenvalue weighted by atomic mass is 9.83. The van der Waals surface area contributed by atoms with Crippen molar-refractivity contribution in [3.63, 3.8) is 0 Å². The third-order valence-electron chi connectivity index (χ3n) is 4.75. The Bertz CT molecular complexity index is 263. The van der Waals surface area contributed by atoms with Crippen molar-refractivity contribution in [3.8, 4) is 0 Å². The maximum absolute atomic E-state index is 3.78. The van der Waals surface area contributed by atoms with Crippen LogP contribution < -0.4 is 5.32 Å². The molecule has 19 heavy (non-hydrogen) atoms. The molecule has 1 aliphatic rings. The summed E-state index contributed by atoms with van der Waals surface area (Å²) in [6.45, 7) is 21.2. The van der Waals surface area contributed by atoms with Crippen LogP contribution >= 0.6 is 0 Å². The van der Waals surface area contributed by atoms with E-state index in [-0.39, 0.29) is 0 Å². The zero-order valence-corrected chi connectivity index (χ0v) is 14.5. The lowest BCUT2D eigenvalue weighted by molar-refractivity contribution is 0.0135. The molecule has 0 aromatic heterocycles. The van der Waals surface area contributed by atoms with Crippen molar-refractivity contribution >= 4 is 0 Å². The van der Waals surface area contributed by atoms with Gasteiger partial charge in [-0.2, -0.15) is 0 Å². The smallest absolute Gasteiger partial charge is 0.0247 e. The average molecular weight is 268 g/mol. The summed E-state index contributed by atoms with van der Waals surface area (Å²) in [7, 11) is 0. The Morgan fingerprint density at radius 1 is 1.11 bits per heavy atom. The highest BCUT2D eigenvalue weighted by Gasteiger charge is 2.36. The van der Waals surface area contributed by atoms with Gasteiger partial charge in [-0.1, -0.05) is 48.5 Å². The number of hydrogen-bond donors (Lipinski definition) is 1. The third kappa shape index (κ3) is 4.75. The number of nitrogens with zero attached hydrogens (tertiary/aromatic N) is 1. The van der Waals surface area contributed by atoms with Crippen molar-refractivity contribution in [3.05, 3.63) is 0 Å². The molecule has 3 unspecified atom stereocenters. The van der Waals surface area contributed by atoms with E-state index in [9.17, 15) is 0 Å². The predicted octanol–water partition coefficient (Wildman–Crippen LogP) is 3.77. The first kappa shape index (κ1) is 17.0. The number of rotatable bonds is 4. The van der Waals surface area contributed by atoms with E-state index in [1.54, 1.807) is 0 Å². The second kappa shape index (κ2) is 6.58. The van der Waals surface area contributed by atoms with Gasteiger partial charge in [0.05, 0.1) is 0 Å². The number of piperazine rings is 1. The molecule has 0 aliphatic carbocycles. The fraction of sp³-hybridized carbons (Fsp3) is 1.00. The van der Waals surface area contributed by atoms with E-state index in [2.05, 4.69) is 65.6 Å². The zero-order valence-electron chi connectivity index (χ0n) is 14.5. The van der Waals surface area contributed by atoms with Gasteiger partial charge in [-0.15, -0.1) is 0 Å². The molecule has 0 amide bonds. The van der Waals surface area contributed by atoms with Gasteiger partial charge >= 0.3 is 0 Å². The molecule has 114 valence electrons. The number of nitrogens with one attached hydrogen (secondary N) is 1. The van der Waals surface area contributed by atoms with Crippen molar-refractivity contribution in [2.45, 2.75) is 79.9 Å². The monoisotopic (exact) mass is 268 g/mol. The van der Waals surface area contributed by atoms with E-state index < -0.39 is 0 Å². The van der Waals surface area contributed by atoms with Gasteiger partial charge < -0.3 is 5.32 Å². The lowest BCUT2D eigenvalue weighted by Crippen LogP contribution is -2.62. The summed E-state index contributed by atoms with van der Waals surface area (Å²) in [5.74, 6) is 1.50. The number of hydrogen-bond acceptors (Lipinski definition) is 2. The third-order valence-corrected chi connectivity index (χ3v) is 4.75. The minimum Gasteiger partial charge on any atom is -0.311 e. The summed E-state index contributed by atoms with van der Waals surface area (Å²) in [5, 5.41) is 3.78. The maximum Gasteiger partial charge on any atom is 0.0247 e. The minimum atomic E-state index is 0.354. The summed E-state index contributed by atoms with van der Waals surface area (Å²) in [6.07, 6.45) is 1.29. The van der Waals surface area contributed by atoms with Crippen molar-refractivity contribution in [2.75, 3.05) is 13.1 Å². The van der Waals surface area contributed by atoms with Gasteiger partial charge in [0.15, 0.2) is 0 Å². The van der Waals surface area contributed by atoms with Crippen LogP contribution in [0.15, 0.2) is 0 Å². The van der Waals surface area contributed by atoms with Crippen LogP contribution in [0.5, 0.6) is 0 Å². The molecule has 0 aromatic carbocycles. The van der Waals surface area contributed by atoms with Crippen LogP contribution in [0.2, 0.25) is 0 Å². The molecule has 1 aliphatic heterocycles. The molecule has 0 radical (unpaired) electrons. The van der Waals surface area contributed by atoms with Crippen LogP contribution in [-0.4, -0.2) is 36.1 Å². The highest BCUT2D eigenvalue weighted by atomic mass is 15.3. The molecule has 2 nitrogen and oxygen atoms in total. The Morgan fingerprint density at radius 3 is 2.11 bits per heavy atom. The van der Waals surface area contributed by atoms with E-state index >= 15 is 0 Å². The first-order valence-corrected chi connectivity index (χ1v) is 8.12. The summed E-state index contributed by atoms with van der Waals surface area (Å²) in [6, 6.07) is 1.98. The zero-order chi connectivity index (χ0) is 14.8. The minimum absolute atomic E-state index is 0.354. The largest absolute Gasteiger partial charge is 0.311 e. The molecule has 0 saturated carbocycles. The van der Waals surface area contributed by atoms with Crippen LogP contribution in [0, 0.1) is 17.3 Å². The molecule has 1 saturated heterocycles. The summed E-state index contributed by atoms with van der Waals surface area (Å²) in [5.41, 5.74) is 0.354. The highest BCUT2D eigenvalue weighted by Crippen LogP contribution is 2.29. The Balaban J connectivity index is 2.79. The molecule has 1 heterocycles. The second-order valence-electron chi connectivity index (χ2n) is 8.28. The van der Waals surface area contributed by atoms with Crippen molar-refractivity contribution in [2.24, 2.45) is 17.3 Å². The first-order chi connectivity index (χ1) is 8.62. The van der Waals surface area contributed by atoms with Gasteiger partial charge in [-0.3, -0.25) is 4.90 Å². The van der Waals surface area contributed by atoms with Gasteiger partial charge in [0.1, 0.15) is 0 Å². The van der Waals surface area contributed by atoms with E-state index in [0.717, 1.165) is 18.4 Å². The summed E-state index contributed by atoms with van der Waals surface area (Å²) >= 11 is 0. The molecule has 1 N–H and O–H groups in total. The molecule has 2 heteroatoms. The van der Waals surface area contributed by atoms with Gasteiger partial charge in [-0.25, -0.2) is 0 Å². The molecule has 1 rings (SSSR count). The van der Waals surface area contributed by atoms with E-state index in [1.807, 2.05) is 0 Å². The van der Waals surface area contributed by atoms with E-state index in [1.165, 1.54) is 13.0 Å². The van der Waals surface area contributed by atoms with Crippen LogP contribution in [0.4, 0.5) is 0 Å². The molecule has 0 bridgehead atoms. The van der Waals surface area contributed by atoms with Crippen LogP contribution in [0.3, 0.4) is 0 Å². The lowest BCUT2D eigenvalue weighted by Gasteiger charge is -2.49. The van der Waals surface area contributed by atoms with E-state index in [0.29, 0.717) is 23.5 Å². The Labute approximate surface area is 121 Å². The Hall–Kier alpha value is -0.0800. The topological polar surface area (TPSA) is 15.3 Å². The maximum atomic E-state index is 3.78. The Morgan fingerprint density at radius 2 is 1.68 bits per heavy atom. The second-order valence-corrected chi connectivity index (χ2v) is 8.28. The molecule has 3 atom stereocenters.